The van der Waals surface area contributed by atoms with Crippen LogP contribution in [0.1, 0.15) is 39.5 Å². The first-order chi connectivity index (χ1) is 7.74. The number of amides is 1. The number of carbonyl (C=O) groups is 1. The van der Waals surface area contributed by atoms with Crippen LogP contribution in [0.25, 0.3) is 0 Å². The molecule has 0 aromatic heterocycles. The van der Waals surface area contributed by atoms with Gasteiger partial charge < -0.3 is 15.4 Å². The van der Waals surface area contributed by atoms with Crippen molar-refractivity contribution in [2.24, 2.45) is 0 Å². The highest BCUT2D eigenvalue weighted by Gasteiger charge is 2.19. The van der Waals surface area contributed by atoms with E-state index in [1.807, 2.05) is 6.92 Å². The Kier molecular flexibility index (Phi) is 6.42. The van der Waals surface area contributed by atoms with Crippen molar-refractivity contribution in [1.82, 2.24) is 10.6 Å². The van der Waals surface area contributed by atoms with Crippen molar-refractivity contribution >= 4 is 5.91 Å². The third kappa shape index (κ3) is 4.94. The molecule has 1 heterocycles. The highest BCUT2D eigenvalue weighted by Crippen LogP contribution is 2.02. The van der Waals surface area contributed by atoms with E-state index in [2.05, 4.69) is 17.6 Å². The van der Waals surface area contributed by atoms with Crippen LogP contribution in [0, 0.1) is 0 Å². The highest BCUT2D eigenvalue weighted by molar-refractivity contribution is 5.80. The van der Waals surface area contributed by atoms with Gasteiger partial charge in [0.25, 0.3) is 0 Å². The fraction of sp³-hybridized carbons (Fsp3) is 0.917. The van der Waals surface area contributed by atoms with Crippen molar-refractivity contribution < 1.29 is 9.53 Å². The Morgan fingerprint density at radius 3 is 3.06 bits per heavy atom. The van der Waals surface area contributed by atoms with Gasteiger partial charge in [-0.15, -0.1) is 0 Å². The van der Waals surface area contributed by atoms with Gasteiger partial charge in [-0.1, -0.05) is 13.3 Å². The number of nitrogens with one attached hydrogen (secondary N) is 2. The van der Waals surface area contributed by atoms with Gasteiger partial charge in [0.15, 0.2) is 0 Å². The average molecular weight is 228 g/mol. The standard InChI is InChI=1S/C12H24N2O2/c1-3-4-8-16-10(2)12(15)14-11-6-5-7-13-9-11/h10-11,13H,3-9H2,1-2H3,(H,14,15). The van der Waals surface area contributed by atoms with Gasteiger partial charge in [0.05, 0.1) is 0 Å². The van der Waals surface area contributed by atoms with Gasteiger partial charge in [-0.25, -0.2) is 0 Å². The first-order valence-corrected chi connectivity index (χ1v) is 6.36. The molecule has 94 valence electrons. The Labute approximate surface area is 98.1 Å². The molecule has 0 aromatic rings. The Balaban J connectivity index is 2.16. The summed E-state index contributed by atoms with van der Waals surface area (Å²) in [6.45, 7) is 6.55. The summed E-state index contributed by atoms with van der Waals surface area (Å²) in [7, 11) is 0. The fourth-order valence-electron chi connectivity index (χ4n) is 1.77. The molecule has 0 radical (unpaired) electrons. The van der Waals surface area contributed by atoms with E-state index >= 15 is 0 Å². The number of carbonyl (C=O) groups excluding carboxylic acids is 1. The molecule has 0 aromatic carbocycles. The monoisotopic (exact) mass is 228 g/mol. The lowest BCUT2D eigenvalue weighted by Crippen LogP contribution is -2.48. The SMILES string of the molecule is CCCCOC(C)C(=O)NC1CCCNC1. The van der Waals surface area contributed by atoms with Gasteiger partial charge in [0.2, 0.25) is 5.91 Å². The van der Waals surface area contributed by atoms with Crippen LogP contribution in [0.2, 0.25) is 0 Å². The lowest BCUT2D eigenvalue weighted by atomic mass is 10.1. The lowest BCUT2D eigenvalue weighted by molar-refractivity contribution is -0.132. The van der Waals surface area contributed by atoms with Crippen LogP contribution < -0.4 is 10.6 Å². The van der Waals surface area contributed by atoms with Crippen molar-refractivity contribution in [3.63, 3.8) is 0 Å². The maximum atomic E-state index is 11.7. The third-order valence-corrected chi connectivity index (χ3v) is 2.88. The summed E-state index contributed by atoms with van der Waals surface area (Å²) in [5.74, 6) is 0.0183. The summed E-state index contributed by atoms with van der Waals surface area (Å²) in [5.41, 5.74) is 0. The van der Waals surface area contributed by atoms with Gasteiger partial charge in [0.1, 0.15) is 6.10 Å². The molecule has 2 N–H and O–H groups in total. The minimum atomic E-state index is -0.325. The second-order valence-corrected chi connectivity index (χ2v) is 4.42. The fourth-order valence-corrected chi connectivity index (χ4v) is 1.77. The predicted molar refractivity (Wildman–Crippen MR) is 64.4 cm³/mol. The Morgan fingerprint density at radius 1 is 1.62 bits per heavy atom. The molecule has 0 spiro atoms. The Bertz CT molecular complexity index is 203. The van der Waals surface area contributed by atoms with Crippen molar-refractivity contribution in [3.05, 3.63) is 0 Å². The molecule has 0 aliphatic carbocycles. The number of hydrogen-bond donors (Lipinski definition) is 2. The lowest BCUT2D eigenvalue weighted by Gasteiger charge is -2.25. The van der Waals surface area contributed by atoms with E-state index < -0.39 is 0 Å². The van der Waals surface area contributed by atoms with Crippen LogP contribution in [-0.4, -0.2) is 37.7 Å². The van der Waals surface area contributed by atoms with Gasteiger partial charge in [-0.3, -0.25) is 4.79 Å². The molecule has 4 heteroatoms. The smallest absolute Gasteiger partial charge is 0.249 e. The predicted octanol–water partition coefficient (Wildman–Crippen LogP) is 1.06. The summed E-state index contributed by atoms with van der Waals surface area (Å²) >= 11 is 0. The average Bonchev–Trinajstić information content (AvgIpc) is 2.30. The zero-order chi connectivity index (χ0) is 11.8. The van der Waals surface area contributed by atoms with E-state index in [0.717, 1.165) is 38.8 Å². The normalized spacial score (nSPS) is 22.8. The quantitative estimate of drug-likeness (QED) is 0.668. The molecule has 16 heavy (non-hydrogen) atoms. The topological polar surface area (TPSA) is 50.4 Å². The van der Waals surface area contributed by atoms with Crippen molar-refractivity contribution in [2.75, 3.05) is 19.7 Å². The first-order valence-electron chi connectivity index (χ1n) is 6.36. The maximum absolute atomic E-state index is 11.7. The van der Waals surface area contributed by atoms with Crippen molar-refractivity contribution in [3.8, 4) is 0 Å². The summed E-state index contributed by atoms with van der Waals surface area (Å²) < 4.78 is 5.45. The largest absolute Gasteiger partial charge is 0.369 e. The summed E-state index contributed by atoms with van der Waals surface area (Å²) in [6, 6.07) is 0.276. The summed E-state index contributed by atoms with van der Waals surface area (Å²) in [5, 5.41) is 6.29. The first kappa shape index (κ1) is 13.5. The molecular formula is C12H24N2O2. The van der Waals surface area contributed by atoms with Gasteiger partial charge in [0, 0.05) is 19.2 Å². The second kappa shape index (κ2) is 7.63. The number of rotatable bonds is 6. The van der Waals surface area contributed by atoms with E-state index in [0.29, 0.717) is 6.61 Å². The van der Waals surface area contributed by atoms with E-state index in [9.17, 15) is 4.79 Å². The van der Waals surface area contributed by atoms with Crippen LogP contribution in [0.15, 0.2) is 0 Å². The minimum Gasteiger partial charge on any atom is -0.369 e. The number of unbranched alkanes of at least 4 members (excludes halogenated alkanes) is 1. The molecule has 1 aliphatic rings. The molecule has 0 bridgehead atoms. The molecule has 2 atom stereocenters. The summed E-state index contributed by atoms with van der Waals surface area (Å²) in [6.07, 6.45) is 3.99. The van der Waals surface area contributed by atoms with Crippen molar-refractivity contribution in [1.29, 1.82) is 0 Å². The molecule has 1 aliphatic heterocycles. The van der Waals surface area contributed by atoms with Gasteiger partial charge >= 0.3 is 0 Å². The van der Waals surface area contributed by atoms with Crippen LogP contribution in [0.3, 0.4) is 0 Å². The van der Waals surface area contributed by atoms with E-state index in [4.69, 9.17) is 4.74 Å². The van der Waals surface area contributed by atoms with E-state index in [-0.39, 0.29) is 18.1 Å². The van der Waals surface area contributed by atoms with Crippen LogP contribution >= 0.6 is 0 Å². The molecule has 1 saturated heterocycles. The van der Waals surface area contributed by atoms with Crippen LogP contribution in [0.5, 0.6) is 0 Å². The third-order valence-electron chi connectivity index (χ3n) is 2.88. The maximum Gasteiger partial charge on any atom is 0.249 e. The van der Waals surface area contributed by atoms with Crippen LogP contribution in [-0.2, 0) is 9.53 Å². The van der Waals surface area contributed by atoms with Gasteiger partial charge in [-0.2, -0.15) is 0 Å². The minimum absolute atomic E-state index is 0.0183. The van der Waals surface area contributed by atoms with Crippen LogP contribution in [0.4, 0.5) is 0 Å². The number of ether oxygens (including phenoxy) is 1. The Morgan fingerprint density at radius 2 is 2.44 bits per heavy atom. The zero-order valence-corrected chi connectivity index (χ0v) is 10.4. The second-order valence-electron chi connectivity index (χ2n) is 4.42. The summed E-state index contributed by atoms with van der Waals surface area (Å²) in [4.78, 5) is 11.7. The number of piperidine rings is 1. The molecular weight excluding hydrogens is 204 g/mol. The molecule has 1 amide bonds. The van der Waals surface area contributed by atoms with Gasteiger partial charge in [-0.05, 0) is 32.7 Å². The molecule has 4 nitrogen and oxygen atoms in total. The highest BCUT2D eigenvalue weighted by atomic mass is 16.5. The molecule has 0 saturated carbocycles. The molecule has 1 fully saturated rings. The zero-order valence-electron chi connectivity index (χ0n) is 10.4. The Hall–Kier alpha value is -0.610. The number of hydrogen-bond acceptors (Lipinski definition) is 3. The molecule has 1 rings (SSSR count). The van der Waals surface area contributed by atoms with E-state index in [1.54, 1.807) is 0 Å². The van der Waals surface area contributed by atoms with Crippen molar-refractivity contribution in [2.45, 2.75) is 51.7 Å². The van der Waals surface area contributed by atoms with E-state index in [1.165, 1.54) is 0 Å². The molecule has 2 unspecified atom stereocenters.